The van der Waals surface area contributed by atoms with Crippen LogP contribution in [0.5, 0.6) is 5.75 Å². The van der Waals surface area contributed by atoms with Crippen LogP contribution in [0.25, 0.3) is 11.3 Å². The van der Waals surface area contributed by atoms with Crippen LogP contribution >= 0.6 is 23.4 Å². The third kappa shape index (κ3) is 3.38. The number of ether oxygens (including phenoxy) is 1. The number of carbonyl (C=O) groups is 1. The number of aromatic nitrogens is 1. The second kappa shape index (κ2) is 7.89. The molecule has 0 saturated carbocycles. The van der Waals surface area contributed by atoms with Gasteiger partial charge in [-0.05, 0) is 30.7 Å². The average molecular weight is 415 g/mol. The van der Waals surface area contributed by atoms with Crippen LogP contribution in [0.1, 0.15) is 27.1 Å². The lowest BCUT2D eigenvalue weighted by atomic mass is 10.0. The molecule has 4 rings (SSSR count). The minimum absolute atomic E-state index is 0.0631. The number of benzene rings is 2. The summed E-state index contributed by atoms with van der Waals surface area (Å²) in [6, 6.07) is 15.2. The highest BCUT2D eigenvalue weighted by atomic mass is 35.5. The molecule has 1 fully saturated rings. The van der Waals surface area contributed by atoms with Crippen molar-refractivity contribution in [3.8, 4) is 17.0 Å². The second-order valence-electron chi connectivity index (χ2n) is 6.44. The van der Waals surface area contributed by atoms with Gasteiger partial charge in [0.05, 0.1) is 12.1 Å². The van der Waals surface area contributed by atoms with E-state index < -0.39 is 0 Å². The molecule has 1 unspecified atom stereocenters. The number of aryl methyl sites for hydroxylation is 1. The molecular formula is C21H19ClN2O3S. The first-order chi connectivity index (χ1) is 13.6. The van der Waals surface area contributed by atoms with Gasteiger partial charge in [-0.15, -0.1) is 11.8 Å². The van der Waals surface area contributed by atoms with Crippen molar-refractivity contribution in [1.29, 1.82) is 0 Å². The molecule has 3 aromatic rings. The molecule has 1 amide bonds. The van der Waals surface area contributed by atoms with Crippen molar-refractivity contribution in [2.24, 2.45) is 0 Å². The number of methoxy groups -OCH3 is 1. The molecule has 0 aliphatic carbocycles. The van der Waals surface area contributed by atoms with E-state index in [1.807, 2.05) is 47.4 Å². The number of carbonyl (C=O) groups excluding carboxylic acids is 1. The van der Waals surface area contributed by atoms with Crippen molar-refractivity contribution in [3.63, 3.8) is 0 Å². The lowest BCUT2D eigenvalue weighted by Crippen LogP contribution is -2.31. The van der Waals surface area contributed by atoms with Gasteiger partial charge in [-0.25, -0.2) is 0 Å². The Bertz CT molecular complexity index is 1000. The van der Waals surface area contributed by atoms with Gasteiger partial charge in [0.2, 0.25) is 0 Å². The second-order valence-corrected chi connectivity index (χ2v) is 8.03. The third-order valence-corrected chi connectivity index (χ3v) is 6.35. The van der Waals surface area contributed by atoms with Crippen molar-refractivity contribution in [2.75, 3.05) is 19.4 Å². The summed E-state index contributed by atoms with van der Waals surface area (Å²) in [4.78, 5) is 15.4. The van der Waals surface area contributed by atoms with E-state index in [1.165, 1.54) is 0 Å². The molecule has 0 N–H and O–H groups in total. The van der Waals surface area contributed by atoms with Gasteiger partial charge in [0.1, 0.15) is 28.1 Å². The van der Waals surface area contributed by atoms with Crippen LogP contribution in [-0.4, -0.2) is 35.4 Å². The Balaban J connectivity index is 1.69. The summed E-state index contributed by atoms with van der Waals surface area (Å²) in [5.74, 6) is 2.05. The zero-order valence-corrected chi connectivity index (χ0v) is 17.1. The molecule has 144 valence electrons. The van der Waals surface area contributed by atoms with Crippen molar-refractivity contribution >= 4 is 29.3 Å². The van der Waals surface area contributed by atoms with E-state index in [1.54, 1.807) is 31.9 Å². The fraction of sp³-hybridized carbons (Fsp3) is 0.238. The Labute approximate surface area is 172 Å². The minimum Gasteiger partial charge on any atom is -0.497 e. The summed E-state index contributed by atoms with van der Waals surface area (Å²) < 4.78 is 10.6. The van der Waals surface area contributed by atoms with Crippen LogP contribution in [0.4, 0.5) is 0 Å². The van der Waals surface area contributed by atoms with E-state index in [2.05, 4.69) is 5.16 Å². The summed E-state index contributed by atoms with van der Waals surface area (Å²) in [5.41, 5.74) is 2.70. The first kappa shape index (κ1) is 18.9. The Hall–Kier alpha value is -2.44. The maximum absolute atomic E-state index is 13.5. The fourth-order valence-corrected chi connectivity index (χ4v) is 4.81. The molecule has 1 aromatic heterocycles. The maximum atomic E-state index is 13.5. The summed E-state index contributed by atoms with van der Waals surface area (Å²) in [7, 11) is 1.64. The largest absolute Gasteiger partial charge is 0.497 e. The van der Waals surface area contributed by atoms with E-state index in [-0.39, 0.29) is 11.3 Å². The normalized spacial score (nSPS) is 16.4. The highest BCUT2D eigenvalue weighted by molar-refractivity contribution is 7.99. The van der Waals surface area contributed by atoms with Crippen molar-refractivity contribution in [2.45, 2.75) is 12.3 Å². The first-order valence-electron chi connectivity index (χ1n) is 8.88. The lowest BCUT2D eigenvalue weighted by Gasteiger charge is -2.24. The van der Waals surface area contributed by atoms with E-state index in [0.29, 0.717) is 34.1 Å². The zero-order valence-electron chi connectivity index (χ0n) is 15.5. The molecule has 28 heavy (non-hydrogen) atoms. The molecule has 2 heterocycles. The quantitative estimate of drug-likeness (QED) is 0.587. The van der Waals surface area contributed by atoms with Crippen LogP contribution in [0.3, 0.4) is 0 Å². The van der Waals surface area contributed by atoms with Crippen molar-refractivity contribution < 1.29 is 14.1 Å². The molecule has 5 nitrogen and oxygen atoms in total. The van der Waals surface area contributed by atoms with Gasteiger partial charge in [0.15, 0.2) is 0 Å². The predicted molar refractivity (Wildman–Crippen MR) is 111 cm³/mol. The van der Waals surface area contributed by atoms with E-state index in [4.69, 9.17) is 20.9 Å². The van der Waals surface area contributed by atoms with Gasteiger partial charge >= 0.3 is 0 Å². The Morgan fingerprint density at radius 1 is 1.25 bits per heavy atom. The number of amides is 1. The third-order valence-electron chi connectivity index (χ3n) is 4.76. The monoisotopic (exact) mass is 414 g/mol. The molecule has 1 aliphatic heterocycles. The van der Waals surface area contributed by atoms with Crippen LogP contribution < -0.4 is 4.74 Å². The number of hydrogen-bond donors (Lipinski definition) is 0. The van der Waals surface area contributed by atoms with Crippen LogP contribution in [0.15, 0.2) is 53.1 Å². The van der Waals surface area contributed by atoms with Crippen molar-refractivity contribution in [3.05, 3.63) is 70.4 Å². The van der Waals surface area contributed by atoms with Crippen LogP contribution in [-0.2, 0) is 0 Å². The molecule has 0 spiro atoms. The Morgan fingerprint density at radius 3 is 2.71 bits per heavy atom. The summed E-state index contributed by atoms with van der Waals surface area (Å²) in [6.45, 7) is 2.42. The van der Waals surface area contributed by atoms with Gasteiger partial charge in [0.25, 0.3) is 5.91 Å². The zero-order chi connectivity index (χ0) is 19.7. The Morgan fingerprint density at radius 2 is 2.00 bits per heavy atom. The van der Waals surface area contributed by atoms with Gasteiger partial charge in [-0.3, -0.25) is 4.79 Å². The van der Waals surface area contributed by atoms with Crippen molar-refractivity contribution in [1.82, 2.24) is 10.1 Å². The van der Waals surface area contributed by atoms with Gasteiger partial charge in [0, 0.05) is 17.9 Å². The number of nitrogens with zero attached hydrogens (tertiary/aromatic N) is 2. The highest BCUT2D eigenvalue weighted by Crippen LogP contribution is 2.41. The van der Waals surface area contributed by atoms with Crippen LogP contribution in [0.2, 0.25) is 5.02 Å². The van der Waals surface area contributed by atoms with Gasteiger partial charge in [-0.1, -0.05) is 47.1 Å². The highest BCUT2D eigenvalue weighted by Gasteiger charge is 2.35. The molecule has 2 aromatic carbocycles. The van der Waals surface area contributed by atoms with E-state index in [9.17, 15) is 4.79 Å². The fourth-order valence-electron chi connectivity index (χ4n) is 3.33. The number of halogens is 1. The number of hydrogen-bond acceptors (Lipinski definition) is 5. The summed E-state index contributed by atoms with van der Waals surface area (Å²) >= 11 is 8.08. The van der Waals surface area contributed by atoms with E-state index >= 15 is 0 Å². The minimum atomic E-state index is -0.0977. The Kier molecular flexibility index (Phi) is 5.33. The van der Waals surface area contributed by atoms with Gasteiger partial charge < -0.3 is 14.2 Å². The average Bonchev–Trinajstić information content (AvgIpc) is 3.35. The standard InChI is InChI=1S/C21H19ClN2O3S/c1-13-18(19(23-27-13)16-5-3-4-6-17(16)22)20(25)24-11-12-28-21(24)14-7-9-15(26-2)10-8-14/h3-10,21H,11-12H2,1-2H3. The SMILES string of the molecule is COc1ccc(C2SCCN2C(=O)c2c(-c3ccccc3Cl)noc2C)cc1. The molecule has 1 atom stereocenters. The topological polar surface area (TPSA) is 55.6 Å². The van der Waals surface area contributed by atoms with E-state index in [0.717, 1.165) is 17.1 Å². The predicted octanol–water partition coefficient (Wildman–Crippen LogP) is 5.20. The summed E-state index contributed by atoms with van der Waals surface area (Å²) in [6.07, 6.45) is 0. The molecule has 0 bridgehead atoms. The summed E-state index contributed by atoms with van der Waals surface area (Å²) in [5, 5.41) is 4.60. The molecule has 1 saturated heterocycles. The van der Waals surface area contributed by atoms with Crippen LogP contribution in [0, 0.1) is 6.92 Å². The molecule has 7 heteroatoms. The lowest BCUT2D eigenvalue weighted by molar-refractivity contribution is 0.0759. The van der Waals surface area contributed by atoms with Gasteiger partial charge in [-0.2, -0.15) is 0 Å². The first-order valence-corrected chi connectivity index (χ1v) is 10.3. The maximum Gasteiger partial charge on any atom is 0.260 e. The molecule has 0 radical (unpaired) electrons. The smallest absolute Gasteiger partial charge is 0.260 e. The number of rotatable bonds is 4. The molecular weight excluding hydrogens is 396 g/mol. The number of thioether (sulfide) groups is 1. The molecule has 1 aliphatic rings.